The zero-order valence-corrected chi connectivity index (χ0v) is 8.66. The van der Waals surface area contributed by atoms with Crippen LogP contribution in [0.3, 0.4) is 0 Å². The highest BCUT2D eigenvalue weighted by atomic mass is 19.1. The number of halogens is 1. The third kappa shape index (κ3) is 3.58. The number of carboxylic acids is 1. The van der Waals surface area contributed by atoms with Crippen LogP contribution in [0.5, 0.6) is 5.75 Å². The highest BCUT2D eigenvalue weighted by Crippen LogP contribution is 2.20. The van der Waals surface area contributed by atoms with E-state index in [0.717, 1.165) is 5.56 Å². The second-order valence-electron chi connectivity index (χ2n) is 3.44. The lowest BCUT2D eigenvalue weighted by Gasteiger charge is -2.14. The Hall–Kier alpha value is -1.58. The van der Waals surface area contributed by atoms with E-state index < -0.39 is 17.9 Å². The monoisotopic (exact) mass is 212 g/mol. The summed E-state index contributed by atoms with van der Waals surface area (Å²) in [5.74, 6) is -0.932. The third-order valence-corrected chi connectivity index (χ3v) is 1.94. The van der Waals surface area contributed by atoms with E-state index in [9.17, 15) is 9.18 Å². The van der Waals surface area contributed by atoms with Crippen molar-refractivity contribution >= 4 is 5.97 Å². The number of carbonyl (C=O) groups is 1. The van der Waals surface area contributed by atoms with Gasteiger partial charge in [0.25, 0.3) is 0 Å². The number of hydrogen-bond acceptors (Lipinski definition) is 2. The highest BCUT2D eigenvalue weighted by Gasteiger charge is 2.10. The Morgan fingerprint density at radius 1 is 1.60 bits per heavy atom. The van der Waals surface area contributed by atoms with E-state index in [0.29, 0.717) is 5.75 Å². The minimum atomic E-state index is -0.934. The van der Waals surface area contributed by atoms with Gasteiger partial charge in [0.1, 0.15) is 17.7 Å². The summed E-state index contributed by atoms with van der Waals surface area (Å²) in [6.07, 6.45) is -0.571. The second-order valence-corrected chi connectivity index (χ2v) is 3.44. The number of ether oxygens (including phenoxy) is 1. The van der Waals surface area contributed by atoms with E-state index in [4.69, 9.17) is 9.84 Å². The molecule has 0 spiro atoms. The smallest absolute Gasteiger partial charge is 0.307 e. The van der Waals surface area contributed by atoms with Gasteiger partial charge in [-0.15, -0.1) is 0 Å². The highest BCUT2D eigenvalue weighted by molar-refractivity contribution is 5.67. The van der Waals surface area contributed by atoms with Crippen LogP contribution < -0.4 is 4.74 Å². The van der Waals surface area contributed by atoms with Gasteiger partial charge < -0.3 is 9.84 Å². The largest absolute Gasteiger partial charge is 0.490 e. The average molecular weight is 212 g/mol. The summed E-state index contributed by atoms with van der Waals surface area (Å²) in [4.78, 5) is 10.4. The molecule has 0 radical (unpaired) electrons. The summed E-state index contributed by atoms with van der Waals surface area (Å²) >= 11 is 0. The first-order chi connectivity index (χ1) is 6.99. The minimum Gasteiger partial charge on any atom is -0.490 e. The Labute approximate surface area is 87.5 Å². The van der Waals surface area contributed by atoms with Crippen LogP contribution in [-0.4, -0.2) is 17.2 Å². The molecule has 0 heterocycles. The number of benzene rings is 1. The lowest BCUT2D eigenvalue weighted by Crippen LogP contribution is -2.17. The van der Waals surface area contributed by atoms with Crippen LogP contribution in [0.2, 0.25) is 0 Å². The predicted octanol–water partition coefficient (Wildman–Crippen LogP) is 2.38. The molecule has 82 valence electrons. The fraction of sp³-hybridized carbons (Fsp3) is 0.364. The second kappa shape index (κ2) is 4.77. The molecule has 15 heavy (non-hydrogen) atoms. The normalized spacial score (nSPS) is 12.2. The molecule has 0 bridgehead atoms. The van der Waals surface area contributed by atoms with Crippen LogP contribution in [-0.2, 0) is 4.79 Å². The lowest BCUT2D eigenvalue weighted by atomic mass is 10.2. The Kier molecular flexibility index (Phi) is 3.66. The summed E-state index contributed by atoms with van der Waals surface area (Å²) in [5, 5.41) is 8.53. The molecule has 0 fully saturated rings. The zero-order valence-electron chi connectivity index (χ0n) is 8.66. The molecule has 0 aliphatic rings. The van der Waals surface area contributed by atoms with E-state index >= 15 is 0 Å². The summed E-state index contributed by atoms with van der Waals surface area (Å²) in [6, 6.07) is 4.19. The van der Waals surface area contributed by atoms with Gasteiger partial charge in [-0.1, -0.05) is 6.07 Å². The van der Waals surface area contributed by atoms with Gasteiger partial charge in [0.05, 0.1) is 6.42 Å². The van der Waals surface area contributed by atoms with E-state index in [-0.39, 0.29) is 6.42 Å². The van der Waals surface area contributed by atoms with Crippen LogP contribution in [0.1, 0.15) is 18.9 Å². The summed E-state index contributed by atoms with van der Waals surface area (Å²) < 4.78 is 18.2. The van der Waals surface area contributed by atoms with Crippen molar-refractivity contribution < 1.29 is 19.0 Å². The summed E-state index contributed by atoms with van der Waals surface area (Å²) in [7, 11) is 0. The SMILES string of the molecule is Cc1ccc(F)cc1O[C@H](C)CC(=O)O. The molecule has 0 unspecified atom stereocenters. The van der Waals surface area contributed by atoms with Gasteiger partial charge in [-0.25, -0.2) is 4.39 Å². The van der Waals surface area contributed by atoms with Crippen LogP contribution in [0.4, 0.5) is 4.39 Å². The van der Waals surface area contributed by atoms with E-state index in [2.05, 4.69) is 0 Å². The standard InChI is InChI=1S/C11H13FO3/c1-7-3-4-9(12)6-10(7)15-8(2)5-11(13)14/h3-4,6,8H,5H2,1-2H3,(H,13,14)/t8-/m1/s1. The molecular weight excluding hydrogens is 199 g/mol. The Balaban J connectivity index is 2.71. The Morgan fingerprint density at radius 3 is 2.87 bits per heavy atom. The molecule has 0 aromatic heterocycles. The van der Waals surface area contributed by atoms with Crippen molar-refractivity contribution in [1.82, 2.24) is 0 Å². The maximum absolute atomic E-state index is 12.9. The molecule has 4 heteroatoms. The summed E-state index contributed by atoms with van der Waals surface area (Å²) in [6.45, 7) is 3.42. The molecular formula is C11H13FO3. The number of aryl methyl sites for hydroxylation is 1. The van der Waals surface area contributed by atoms with Crippen LogP contribution in [0, 0.1) is 12.7 Å². The number of carboxylic acid groups (broad SMARTS) is 1. The topological polar surface area (TPSA) is 46.5 Å². The fourth-order valence-corrected chi connectivity index (χ4v) is 1.21. The minimum absolute atomic E-state index is 0.101. The first-order valence-electron chi connectivity index (χ1n) is 4.63. The molecule has 3 nitrogen and oxygen atoms in total. The van der Waals surface area contributed by atoms with Gasteiger partial charge in [-0.05, 0) is 25.5 Å². The molecule has 1 aromatic carbocycles. The Morgan fingerprint density at radius 2 is 2.27 bits per heavy atom. The molecule has 0 aliphatic heterocycles. The van der Waals surface area contributed by atoms with Gasteiger partial charge in [0.15, 0.2) is 0 Å². The maximum Gasteiger partial charge on any atom is 0.307 e. The molecule has 1 N–H and O–H groups in total. The first-order valence-corrected chi connectivity index (χ1v) is 4.63. The van der Waals surface area contributed by atoms with E-state index in [1.54, 1.807) is 19.9 Å². The quantitative estimate of drug-likeness (QED) is 0.833. The van der Waals surface area contributed by atoms with Gasteiger partial charge in [-0.2, -0.15) is 0 Å². The molecule has 1 aromatic rings. The van der Waals surface area contributed by atoms with Crippen molar-refractivity contribution in [2.24, 2.45) is 0 Å². The van der Waals surface area contributed by atoms with Crippen LogP contribution >= 0.6 is 0 Å². The van der Waals surface area contributed by atoms with Gasteiger partial charge in [0.2, 0.25) is 0 Å². The molecule has 1 atom stereocenters. The van der Waals surface area contributed by atoms with Crippen molar-refractivity contribution in [2.45, 2.75) is 26.4 Å². The predicted molar refractivity (Wildman–Crippen MR) is 53.5 cm³/mol. The van der Waals surface area contributed by atoms with Crippen molar-refractivity contribution in [2.75, 3.05) is 0 Å². The first kappa shape index (κ1) is 11.5. The van der Waals surface area contributed by atoms with Crippen molar-refractivity contribution in [3.63, 3.8) is 0 Å². The molecule has 0 amide bonds. The summed E-state index contributed by atoms with van der Waals surface area (Å²) in [5.41, 5.74) is 0.786. The van der Waals surface area contributed by atoms with Gasteiger partial charge >= 0.3 is 5.97 Å². The van der Waals surface area contributed by atoms with E-state index in [1.807, 2.05) is 0 Å². The van der Waals surface area contributed by atoms with Gasteiger partial charge in [-0.3, -0.25) is 4.79 Å². The lowest BCUT2D eigenvalue weighted by molar-refractivity contribution is -0.138. The molecule has 0 saturated heterocycles. The maximum atomic E-state index is 12.9. The van der Waals surface area contributed by atoms with Gasteiger partial charge in [0, 0.05) is 6.07 Å². The third-order valence-electron chi connectivity index (χ3n) is 1.94. The van der Waals surface area contributed by atoms with Crippen molar-refractivity contribution in [3.05, 3.63) is 29.6 Å². The molecule has 0 saturated carbocycles. The number of rotatable bonds is 4. The molecule has 1 rings (SSSR count). The Bertz CT molecular complexity index is 363. The number of hydrogen-bond donors (Lipinski definition) is 1. The van der Waals surface area contributed by atoms with Crippen molar-refractivity contribution in [1.29, 1.82) is 0 Å². The van der Waals surface area contributed by atoms with Crippen LogP contribution in [0.15, 0.2) is 18.2 Å². The average Bonchev–Trinajstić information content (AvgIpc) is 2.10. The number of aliphatic carboxylic acids is 1. The molecule has 0 aliphatic carbocycles. The fourth-order valence-electron chi connectivity index (χ4n) is 1.21. The van der Waals surface area contributed by atoms with E-state index in [1.165, 1.54) is 12.1 Å². The van der Waals surface area contributed by atoms with Crippen LogP contribution in [0.25, 0.3) is 0 Å². The zero-order chi connectivity index (χ0) is 11.4. The van der Waals surface area contributed by atoms with Crippen molar-refractivity contribution in [3.8, 4) is 5.75 Å².